The smallest absolute Gasteiger partial charge is 0.120 e. The molecule has 2 aliphatic rings. The fraction of sp³-hybridized carbons (Fsp3) is 0.722. The van der Waals surface area contributed by atoms with Crippen LogP contribution in [-0.4, -0.2) is 10.6 Å². The predicted molar refractivity (Wildman–Crippen MR) is 84.8 cm³/mol. The molecule has 0 amide bonds. The SMILES string of the molecule is Cc1c(CN[C@@H]2CC[C@H]3CCCC[C@@H]3C2)cc(C#N)n1C. The molecule has 0 bridgehead atoms. The van der Waals surface area contributed by atoms with Gasteiger partial charge in [0.25, 0.3) is 0 Å². The standard InChI is InChI=1S/C18H27N3/c1-13-16(10-18(11-19)21(13)2)12-20-17-8-7-14-5-3-4-6-15(14)9-17/h10,14-15,17,20H,3-9,12H2,1-2H3/t14-,15-,17-/m1/s1. The van der Waals surface area contributed by atoms with Crippen LogP contribution >= 0.6 is 0 Å². The first-order chi connectivity index (χ1) is 10.2. The molecular weight excluding hydrogens is 258 g/mol. The Morgan fingerprint density at radius 2 is 2.00 bits per heavy atom. The van der Waals surface area contributed by atoms with Gasteiger partial charge in [0.05, 0.1) is 0 Å². The summed E-state index contributed by atoms with van der Waals surface area (Å²) >= 11 is 0. The van der Waals surface area contributed by atoms with Crippen molar-refractivity contribution >= 4 is 0 Å². The quantitative estimate of drug-likeness (QED) is 0.921. The van der Waals surface area contributed by atoms with Crippen LogP contribution in [0.5, 0.6) is 0 Å². The third-order valence-corrected chi connectivity index (χ3v) is 5.88. The number of hydrogen-bond donors (Lipinski definition) is 1. The Hall–Kier alpha value is -1.27. The van der Waals surface area contributed by atoms with E-state index in [0.29, 0.717) is 6.04 Å². The minimum absolute atomic E-state index is 0.675. The summed E-state index contributed by atoms with van der Waals surface area (Å²) in [6, 6.07) is 4.98. The van der Waals surface area contributed by atoms with Gasteiger partial charge in [-0.2, -0.15) is 5.26 Å². The summed E-state index contributed by atoms with van der Waals surface area (Å²) in [4.78, 5) is 0. The van der Waals surface area contributed by atoms with E-state index in [0.717, 1.165) is 24.1 Å². The topological polar surface area (TPSA) is 40.8 Å². The van der Waals surface area contributed by atoms with Gasteiger partial charge in [-0.3, -0.25) is 0 Å². The molecule has 1 aromatic rings. The molecule has 3 heteroatoms. The van der Waals surface area contributed by atoms with Crippen LogP contribution in [0.2, 0.25) is 0 Å². The molecular formula is C18H27N3. The van der Waals surface area contributed by atoms with Gasteiger partial charge in [-0.15, -0.1) is 0 Å². The van der Waals surface area contributed by atoms with Crippen molar-refractivity contribution in [1.29, 1.82) is 5.26 Å². The van der Waals surface area contributed by atoms with Crippen LogP contribution in [0.25, 0.3) is 0 Å². The van der Waals surface area contributed by atoms with Gasteiger partial charge in [-0.25, -0.2) is 0 Å². The van der Waals surface area contributed by atoms with E-state index in [-0.39, 0.29) is 0 Å². The minimum Gasteiger partial charge on any atom is -0.340 e. The van der Waals surface area contributed by atoms with Gasteiger partial charge in [0, 0.05) is 25.3 Å². The number of hydrogen-bond acceptors (Lipinski definition) is 2. The maximum Gasteiger partial charge on any atom is 0.120 e. The molecule has 2 fully saturated rings. The fourth-order valence-electron chi connectivity index (χ4n) is 4.36. The van der Waals surface area contributed by atoms with E-state index in [2.05, 4.69) is 18.3 Å². The molecule has 21 heavy (non-hydrogen) atoms. The fourth-order valence-corrected chi connectivity index (χ4v) is 4.36. The Morgan fingerprint density at radius 3 is 2.71 bits per heavy atom. The van der Waals surface area contributed by atoms with Crippen LogP contribution in [0.15, 0.2) is 6.07 Å². The number of nitrogens with one attached hydrogen (secondary N) is 1. The van der Waals surface area contributed by atoms with Crippen LogP contribution in [0, 0.1) is 30.1 Å². The molecule has 3 rings (SSSR count). The molecule has 3 nitrogen and oxygen atoms in total. The molecule has 3 atom stereocenters. The monoisotopic (exact) mass is 285 g/mol. The highest BCUT2D eigenvalue weighted by atomic mass is 15.0. The minimum atomic E-state index is 0.675. The van der Waals surface area contributed by atoms with Gasteiger partial charge in [-0.1, -0.05) is 25.7 Å². The average molecular weight is 285 g/mol. The van der Waals surface area contributed by atoms with E-state index >= 15 is 0 Å². The van der Waals surface area contributed by atoms with Crippen molar-refractivity contribution in [2.75, 3.05) is 0 Å². The van der Waals surface area contributed by atoms with Gasteiger partial charge in [0.1, 0.15) is 11.8 Å². The Kier molecular flexibility index (Phi) is 4.35. The first kappa shape index (κ1) is 14.7. The molecule has 2 saturated carbocycles. The Bertz CT molecular complexity index is 537. The van der Waals surface area contributed by atoms with E-state index in [9.17, 15) is 0 Å². The summed E-state index contributed by atoms with van der Waals surface area (Å²) in [7, 11) is 1.98. The van der Waals surface area contributed by atoms with Crippen molar-refractivity contribution in [3.8, 4) is 6.07 Å². The molecule has 0 spiro atoms. The van der Waals surface area contributed by atoms with Crippen LogP contribution in [-0.2, 0) is 13.6 Å². The third-order valence-electron chi connectivity index (χ3n) is 5.88. The molecule has 0 aliphatic heterocycles. The Morgan fingerprint density at radius 1 is 1.24 bits per heavy atom. The molecule has 0 unspecified atom stereocenters. The van der Waals surface area contributed by atoms with E-state index < -0.39 is 0 Å². The van der Waals surface area contributed by atoms with Gasteiger partial charge < -0.3 is 9.88 Å². The highest BCUT2D eigenvalue weighted by Gasteiger charge is 2.31. The van der Waals surface area contributed by atoms with Gasteiger partial charge >= 0.3 is 0 Å². The number of nitrogens with zero attached hydrogens (tertiary/aromatic N) is 2. The van der Waals surface area contributed by atoms with Crippen LogP contribution in [0.4, 0.5) is 0 Å². The highest BCUT2D eigenvalue weighted by Crippen LogP contribution is 2.40. The van der Waals surface area contributed by atoms with Crippen molar-refractivity contribution in [3.63, 3.8) is 0 Å². The van der Waals surface area contributed by atoms with Crippen LogP contribution < -0.4 is 5.32 Å². The Labute approximate surface area is 128 Å². The first-order valence-corrected chi connectivity index (χ1v) is 8.47. The molecule has 0 radical (unpaired) electrons. The number of fused-ring (bicyclic) bond motifs is 1. The largest absolute Gasteiger partial charge is 0.340 e. The molecule has 114 valence electrons. The second-order valence-electron chi connectivity index (χ2n) is 7.01. The summed E-state index contributed by atoms with van der Waals surface area (Å²) in [5, 5.41) is 12.9. The Balaban J connectivity index is 1.57. The zero-order chi connectivity index (χ0) is 14.8. The van der Waals surface area contributed by atoms with E-state index in [1.54, 1.807) is 0 Å². The summed E-state index contributed by atoms with van der Waals surface area (Å²) in [6.45, 7) is 3.01. The lowest BCUT2D eigenvalue weighted by Crippen LogP contribution is -2.38. The maximum absolute atomic E-state index is 9.11. The van der Waals surface area contributed by atoms with Crippen molar-refractivity contribution in [2.24, 2.45) is 18.9 Å². The zero-order valence-electron chi connectivity index (χ0n) is 13.4. The predicted octanol–water partition coefficient (Wildman–Crippen LogP) is 3.65. The molecule has 1 aromatic heterocycles. The average Bonchev–Trinajstić information content (AvgIpc) is 2.80. The molecule has 2 aliphatic carbocycles. The number of aromatic nitrogens is 1. The number of nitriles is 1. The van der Waals surface area contributed by atoms with Crippen molar-refractivity contribution in [1.82, 2.24) is 9.88 Å². The maximum atomic E-state index is 9.11. The van der Waals surface area contributed by atoms with Gasteiger partial charge in [0.15, 0.2) is 0 Å². The second-order valence-corrected chi connectivity index (χ2v) is 7.01. The first-order valence-electron chi connectivity index (χ1n) is 8.47. The lowest BCUT2D eigenvalue weighted by atomic mass is 9.69. The molecule has 1 heterocycles. The third kappa shape index (κ3) is 3.01. The molecule has 1 N–H and O–H groups in total. The van der Waals surface area contributed by atoms with Crippen molar-refractivity contribution < 1.29 is 0 Å². The summed E-state index contributed by atoms with van der Waals surface area (Å²) in [6.07, 6.45) is 9.93. The lowest BCUT2D eigenvalue weighted by molar-refractivity contribution is 0.143. The number of rotatable bonds is 3. The molecule has 0 aromatic carbocycles. The lowest BCUT2D eigenvalue weighted by Gasteiger charge is -2.39. The summed E-state index contributed by atoms with van der Waals surface area (Å²) in [5.74, 6) is 1.98. The summed E-state index contributed by atoms with van der Waals surface area (Å²) < 4.78 is 2.00. The van der Waals surface area contributed by atoms with Gasteiger partial charge in [0.2, 0.25) is 0 Å². The van der Waals surface area contributed by atoms with Crippen LogP contribution in [0.1, 0.15) is 61.9 Å². The van der Waals surface area contributed by atoms with Gasteiger partial charge in [-0.05, 0) is 49.7 Å². The highest BCUT2D eigenvalue weighted by molar-refractivity contribution is 5.34. The van der Waals surface area contributed by atoms with E-state index in [4.69, 9.17) is 5.26 Å². The molecule has 0 saturated heterocycles. The zero-order valence-corrected chi connectivity index (χ0v) is 13.4. The normalized spacial score (nSPS) is 28.9. The van der Waals surface area contributed by atoms with E-state index in [1.165, 1.54) is 56.2 Å². The summed E-state index contributed by atoms with van der Waals surface area (Å²) in [5.41, 5.74) is 3.26. The van der Waals surface area contributed by atoms with Crippen LogP contribution in [0.3, 0.4) is 0 Å². The second kappa shape index (κ2) is 6.23. The van der Waals surface area contributed by atoms with E-state index in [1.807, 2.05) is 17.7 Å². The van der Waals surface area contributed by atoms with Crippen molar-refractivity contribution in [2.45, 2.75) is 64.5 Å². The van der Waals surface area contributed by atoms with Crippen molar-refractivity contribution in [3.05, 3.63) is 23.0 Å².